The number of carboxylic acid groups (broad SMARTS) is 1. The summed E-state index contributed by atoms with van der Waals surface area (Å²) < 4.78 is 26.7. The average molecular weight is 309 g/mol. The fourth-order valence-electron chi connectivity index (χ4n) is 3.67. The van der Waals surface area contributed by atoms with E-state index in [1.165, 1.54) is 4.31 Å². The predicted molar refractivity (Wildman–Crippen MR) is 77.3 cm³/mol. The molecule has 3 rings (SSSR count). The minimum Gasteiger partial charge on any atom is -0.480 e. The summed E-state index contributed by atoms with van der Waals surface area (Å²) in [4.78, 5) is 11.8. The number of carboxylic acids is 1. The second-order valence-electron chi connectivity index (χ2n) is 6.03. The van der Waals surface area contributed by atoms with Crippen LogP contribution in [0.2, 0.25) is 0 Å². The van der Waals surface area contributed by atoms with Crippen LogP contribution in [0.25, 0.3) is 0 Å². The lowest BCUT2D eigenvalue weighted by Crippen LogP contribution is -2.43. The molecular formula is C15H19NO4S. The molecule has 1 aliphatic heterocycles. The van der Waals surface area contributed by atoms with Crippen LogP contribution in [0.5, 0.6) is 0 Å². The molecule has 3 atom stereocenters. The van der Waals surface area contributed by atoms with Crippen LogP contribution in [0.3, 0.4) is 0 Å². The Morgan fingerprint density at radius 3 is 2.52 bits per heavy atom. The van der Waals surface area contributed by atoms with Crippen LogP contribution < -0.4 is 0 Å². The zero-order valence-electron chi connectivity index (χ0n) is 11.9. The van der Waals surface area contributed by atoms with E-state index in [4.69, 9.17) is 0 Å². The molecule has 2 fully saturated rings. The molecule has 1 aromatic rings. The highest BCUT2D eigenvalue weighted by Crippen LogP contribution is 2.44. The number of aliphatic carboxylic acids is 1. The molecule has 0 radical (unpaired) electrons. The van der Waals surface area contributed by atoms with E-state index in [0.29, 0.717) is 6.54 Å². The summed E-state index contributed by atoms with van der Waals surface area (Å²) in [6.45, 7) is 2.22. The van der Waals surface area contributed by atoms with E-state index in [1.54, 1.807) is 24.3 Å². The predicted octanol–water partition coefficient (Wildman–Crippen LogP) is 1.87. The van der Waals surface area contributed by atoms with Crippen molar-refractivity contribution in [3.8, 4) is 0 Å². The Balaban J connectivity index is 1.98. The van der Waals surface area contributed by atoms with Crippen LogP contribution in [-0.4, -0.2) is 36.4 Å². The standard InChI is InChI=1S/C15H19NO4S/c1-10-5-7-12(8-6-10)21(19,20)16-9-11-3-2-4-13(11)14(16)15(17)18/h5-8,11,13-14H,2-4,9H2,1H3,(H,17,18). The maximum atomic E-state index is 12.8. The van der Waals surface area contributed by atoms with Gasteiger partial charge in [-0.3, -0.25) is 4.79 Å². The Kier molecular flexibility index (Phi) is 3.53. The molecular weight excluding hydrogens is 290 g/mol. The Morgan fingerprint density at radius 2 is 1.90 bits per heavy atom. The molecule has 0 amide bonds. The van der Waals surface area contributed by atoms with Gasteiger partial charge in [0.05, 0.1) is 4.90 Å². The van der Waals surface area contributed by atoms with E-state index in [2.05, 4.69) is 0 Å². The van der Waals surface area contributed by atoms with Crippen LogP contribution in [0.4, 0.5) is 0 Å². The monoisotopic (exact) mass is 309 g/mol. The zero-order valence-corrected chi connectivity index (χ0v) is 12.7. The molecule has 0 spiro atoms. The molecule has 6 heteroatoms. The van der Waals surface area contributed by atoms with E-state index >= 15 is 0 Å². The summed E-state index contributed by atoms with van der Waals surface area (Å²) in [6.07, 6.45) is 2.73. The number of rotatable bonds is 3. The van der Waals surface area contributed by atoms with Gasteiger partial charge in [-0.2, -0.15) is 4.31 Å². The molecule has 1 aliphatic carbocycles. The number of hydrogen-bond acceptors (Lipinski definition) is 3. The molecule has 0 aromatic heterocycles. The largest absolute Gasteiger partial charge is 0.480 e. The summed E-state index contributed by atoms with van der Waals surface area (Å²) in [7, 11) is -3.74. The fraction of sp³-hybridized carbons (Fsp3) is 0.533. The average Bonchev–Trinajstić information content (AvgIpc) is 2.98. The number of fused-ring (bicyclic) bond motifs is 1. The van der Waals surface area contributed by atoms with Crippen molar-refractivity contribution in [3.63, 3.8) is 0 Å². The van der Waals surface area contributed by atoms with E-state index in [9.17, 15) is 18.3 Å². The third-order valence-electron chi connectivity index (χ3n) is 4.73. The first-order valence-corrected chi connectivity index (χ1v) is 8.66. The minimum atomic E-state index is -3.74. The molecule has 1 saturated heterocycles. The first-order chi connectivity index (χ1) is 9.91. The van der Waals surface area contributed by atoms with Crippen LogP contribution >= 0.6 is 0 Å². The number of carbonyl (C=O) groups is 1. The number of aryl methyl sites for hydroxylation is 1. The van der Waals surface area contributed by atoms with Crippen molar-refractivity contribution < 1.29 is 18.3 Å². The van der Waals surface area contributed by atoms with E-state index < -0.39 is 22.0 Å². The van der Waals surface area contributed by atoms with Crippen LogP contribution in [-0.2, 0) is 14.8 Å². The van der Waals surface area contributed by atoms with Crippen molar-refractivity contribution in [2.75, 3.05) is 6.54 Å². The van der Waals surface area contributed by atoms with Gasteiger partial charge < -0.3 is 5.11 Å². The van der Waals surface area contributed by atoms with Gasteiger partial charge >= 0.3 is 5.97 Å². The summed E-state index contributed by atoms with van der Waals surface area (Å²) in [5.74, 6) is -0.880. The maximum Gasteiger partial charge on any atom is 0.322 e. The van der Waals surface area contributed by atoms with Crippen molar-refractivity contribution in [2.45, 2.75) is 37.1 Å². The normalized spacial score (nSPS) is 29.5. The summed E-state index contributed by atoms with van der Waals surface area (Å²) in [5, 5.41) is 9.48. The lowest BCUT2D eigenvalue weighted by molar-refractivity contribution is -0.142. The molecule has 5 nitrogen and oxygen atoms in total. The molecule has 1 aromatic carbocycles. The highest BCUT2D eigenvalue weighted by atomic mass is 32.2. The van der Waals surface area contributed by atoms with E-state index in [0.717, 1.165) is 24.8 Å². The second-order valence-corrected chi connectivity index (χ2v) is 7.92. The first kappa shape index (κ1) is 14.5. The van der Waals surface area contributed by atoms with Gasteiger partial charge in [0.25, 0.3) is 0 Å². The van der Waals surface area contributed by atoms with Gasteiger partial charge in [-0.25, -0.2) is 8.42 Å². The molecule has 1 saturated carbocycles. The highest BCUT2D eigenvalue weighted by Gasteiger charge is 2.52. The number of sulfonamides is 1. The molecule has 1 N–H and O–H groups in total. The Labute approximate surface area is 124 Å². The maximum absolute atomic E-state index is 12.8. The zero-order chi connectivity index (χ0) is 15.2. The lowest BCUT2D eigenvalue weighted by Gasteiger charge is -2.23. The first-order valence-electron chi connectivity index (χ1n) is 7.22. The van der Waals surface area contributed by atoms with Crippen LogP contribution in [0, 0.1) is 18.8 Å². The number of benzene rings is 1. The quantitative estimate of drug-likeness (QED) is 0.925. The van der Waals surface area contributed by atoms with Crippen molar-refractivity contribution >= 4 is 16.0 Å². The van der Waals surface area contributed by atoms with Crippen molar-refractivity contribution in [1.29, 1.82) is 0 Å². The number of nitrogens with zero attached hydrogens (tertiary/aromatic N) is 1. The third kappa shape index (κ3) is 2.36. The van der Waals surface area contributed by atoms with E-state index in [-0.39, 0.29) is 16.7 Å². The SMILES string of the molecule is Cc1ccc(S(=O)(=O)N2CC3CCCC3C2C(=O)O)cc1. The molecule has 2 aliphatic rings. The Bertz CT molecular complexity index is 653. The molecule has 21 heavy (non-hydrogen) atoms. The van der Waals surface area contributed by atoms with Gasteiger partial charge in [0.15, 0.2) is 0 Å². The van der Waals surface area contributed by atoms with Gasteiger partial charge in [0.2, 0.25) is 10.0 Å². The van der Waals surface area contributed by atoms with Gasteiger partial charge in [0.1, 0.15) is 6.04 Å². The topological polar surface area (TPSA) is 74.7 Å². The smallest absolute Gasteiger partial charge is 0.322 e. The molecule has 1 heterocycles. The van der Waals surface area contributed by atoms with Crippen LogP contribution in [0.15, 0.2) is 29.2 Å². The van der Waals surface area contributed by atoms with Crippen molar-refractivity contribution in [1.82, 2.24) is 4.31 Å². The molecule has 3 unspecified atom stereocenters. The van der Waals surface area contributed by atoms with Crippen LogP contribution in [0.1, 0.15) is 24.8 Å². The molecule has 0 bridgehead atoms. The van der Waals surface area contributed by atoms with Gasteiger partial charge in [-0.05, 0) is 43.7 Å². The van der Waals surface area contributed by atoms with E-state index in [1.807, 2.05) is 6.92 Å². The second kappa shape index (κ2) is 5.10. The fourth-order valence-corrected chi connectivity index (χ4v) is 5.35. The Morgan fingerprint density at radius 1 is 1.24 bits per heavy atom. The lowest BCUT2D eigenvalue weighted by atomic mass is 9.94. The summed E-state index contributed by atoms with van der Waals surface area (Å²) in [5.41, 5.74) is 0.974. The number of hydrogen-bond donors (Lipinski definition) is 1. The summed E-state index contributed by atoms with van der Waals surface area (Å²) >= 11 is 0. The third-order valence-corrected chi connectivity index (χ3v) is 6.59. The van der Waals surface area contributed by atoms with Crippen molar-refractivity contribution in [2.24, 2.45) is 11.8 Å². The van der Waals surface area contributed by atoms with Gasteiger partial charge in [-0.15, -0.1) is 0 Å². The molecule has 114 valence electrons. The van der Waals surface area contributed by atoms with Gasteiger partial charge in [0, 0.05) is 6.54 Å². The van der Waals surface area contributed by atoms with Gasteiger partial charge in [-0.1, -0.05) is 24.1 Å². The van der Waals surface area contributed by atoms with Crippen molar-refractivity contribution in [3.05, 3.63) is 29.8 Å². The summed E-state index contributed by atoms with van der Waals surface area (Å²) in [6, 6.07) is 5.66. The Hall–Kier alpha value is -1.40. The minimum absolute atomic E-state index is 0.0391. The highest BCUT2D eigenvalue weighted by molar-refractivity contribution is 7.89.